The normalized spacial score (nSPS) is 27.0. The highest BCUT2D eigenvalue weighted by atomic mass is 35.5. The molecule has 184 valence electrons. The number of hydrogen-bond donors (Lipinski definition) is 1. The van der Waals surface area contributed by atoms with E-state index in [9.17, 15) is 0 Å². The van der Waals surface area contributed by atoms with Gasteiger partial charge in [0.15, 0.2) is 5.65 Å². The van der Waals surface area contributed by atoms with Crippen LogP contribution < -0.4 is 10.2 Å². The van der Waals surface area contributed by atoms with E-state index in [1.54, 1.807) is 6.21 Å². The van der Waals surface area contributed by atoms with Gasteiger partial charge in [0.2, 0.25) is 5.29 Å². The molecule has 2 saturated heterocycles. The van der Waals surface area contributed by atoms with Crippen LogP contribution in [0.2, 0.25) is 0 Å². The largest absolute Gasteiger partial charge is 0.378 e. The van der Waals surface area contributed by atoms with Crippen molar-refractivity contribution in [3.05, 3.63) is 30.0 Å². The van der Waals surface area contributed by atoms with Crippen LogP contribution in [-0.2, 0) is 4.74 Å². The summed E-state index contributed by atoms with van der Waals surface area (Å²) in [4.78, 5) is 23.2. The fourth-order valence-electron chi connectivity index (χ4n) is 5.41. The zero-order valence-electron chi connectivity index (χ0n) is 19.8. The molecule has 3 atom stereocenters. The molecule has 0 bridgehead atoms. The van der Waals surface area contributed by atoms with E-state index in [0.717, 1.165) is 74.3 Å². The third kappa shape index (κ3) is 4.34. The van der Waals surface area contributed by atoms with Crippen molar-refractivity contribution in [1.82, 2.24) is 19.5 Å². The van der Waals surface area contributed by atoms with Gasteiger partial charge in [-0.05, 0) is 37.4 Å². The number of morpholine rings is 1. The number of hydrogen-bond acceptors (Lipinski definition) is 9. The highest BCUT2D eigenvalue weighted by Gasteiger charge is 2.39. The first-order valence-corrected chi connectivity index (χ1v) is 12.8. The molecule has 0 saturated carbocycles. The number of fused-ring (bicyclic) bond motifs is 2. The van der Waals surface area contributed by atoms with Crippen molar-refractivity contribution < 1.29 is 4.74 Å². The first-order chi connectivity index (χ1) is 17.2. The van der Waals surface area contributed by atoms with Crippen LogP contribution >= 0.6 is 11.6 Å². The van der Waals surface area contributed by atoms with E-state index in [2.05, 4.69) is 50.2 Å². The zero-order valence-corrected chi connectivity index (χ0v) is 20.6. The fraction of sp³-hybridized carbons (Fsp3) is 0.542. The van der Waals surface area contributed by atoms with Gasteiger partial charge in [-0.25, -0.2) is 20.0 Å². The third-order valence-electron chi connectivity index (χ3n) is 7.02. The number of rotatable bonds is 5. The molecular formula is C24H30ClN9O. The Hall–Kier alpha value is -2.82. The van der Waals surface area contributed by atoms with Gasteiger partial charge < -0.3 is 15.0 Å². The van der Waals surface area contributed by atoms with Gasteiger partial charge in [0.1, 0.15) is 23.6 Å². The lowest BCUT2D eigenvalue weighted by Crippen LogP contribution is -2.48. The van der Waals surface area contributed by atoms with Gasteiger partial charge in [-0.2, -0.15) is 9.61 Å². The Bertz CT molecular complexity index is 1210. The topological polar surface area (TPSA) is 95.0 Å². The number of likely N-dealkylation sites (tertiary alicyclic amines) is 1. The predicted octanol–water partition coefficient (Wildman–Crippen LogP) is 3.11. The van der Waals surface area contributed by atoms with Crippen molar-refractivity contribution in [3.8, 4) is 0 Å². The van der Waals surface area contributed by atoms with Crippen LogP contribution in [0.4, 0.5) is 11.6 Å². The van der Waals surface area contributed by atoms with Crippen molar-refractivity contribution in [2.24, 2.45) is 20.9 Å². The van der Waals surface area contributed by atoms with Gasteiger partial charge in [0.05, 0.1) is 30.9 Å². The maximum atomic E-state index is 6.35. The molecule has 0 aliphatic carbocycles. The van der Waals surface area contributed by atoms with Gasteiger partial charge in [-0.15, -0.1) is 0 Å². The lowest BCUT2D eigenvalue weighted by atomic mass is 9.93. The summed E-state index contributed by atoms with van der Waals surface area (Å²) in [7, 11) is 0. The number of anilines is 2. The molecule has 0 spiro atoms. The number of aromatic nitrogens is 3. The molecule has 0 radical (unpaired) electrons. The molecule has 4 aliphatic rings. The van der Waals surface area contributed by atoms with Crippen molar-refractivity contribution in [2.45, 2.75) is 38.4 Å². The van der Waals surface area contributed by atoms with E-state index in [1.165, 1.54) is 0 Å². The monoisotopic (exact) mass is 495 g/mol. The van der Waals surface area contributed by atoms with Gasteiger partial charge in [0, 0.05) is 44.5 Å². The highest BCUT2D eigenvalue weighted by molar-refractivity contribution is 6.65. The molecule has 1 N–H and O–H groups in total. The van der Waals surface area contributed by atoms with Crippen LogP contribution in [0.15, 0.2) is 39.3 Å². The molecule has 0 aromatic carbocycles. The number of allylic oxidation sites excluding steroid dienone is 1. The summed E-state index contributed by atoms with van der Waals surface area (Å²) in [6, 6.07) is 4.34. The maximum Gasteiger partial charge on any atom is 0.221 e. The molecule has 2 fully saturated rings. The molecule has 10 nitrogen and oxygen atoms in total. The summed E-state index contributed by atoms with van der Waals surface area (Å²) in [6.07, 6.45) is 8.97. The van der Waals surface area contributed by atoms with E-state index in [0.29, 0.717) is 13.2 Å². The highest BCUT2D eigenvalue weighted by Crippen LogP contribution is 2.37. The van der Waals surface area contributed by atoms with Crippen LogP contribution in [0.5, 0.6) is 0 Å². The quantitative estimate of drug-likeness (QED) is 0.640. The summed E-state index contributed by atoms with van der Waals surface area (Å²) in [5, 5.41) is 8.76. The number of halogens is 1. The molecule has 2 aromatic rings. The number of nitrogens with zero attached hydrogens (tertiary/aromatic N) is 8. The number of amidine groups is 2. The van der Waals surface area contributed by atoms with Crippen molar-refractivity contribution in [3.63, 3.8) is 0 Å². The number of ether oxygens (including phenoxy) is 1. The Balaban J connectivity index is 1.38. The predicted molar refractivity (Wildman–Crippen MR) is 139 cm³/mol. The standard InChI is InChI=1S/C24H30ClN9O/c1-2-26-19-15-21(32-10-12-35-13-11-32)34-20(28-19)14-17(31-34)18-7-3-4-9-33(18)23-16-6-5-8-27-22(16)29-24(25)30-23/h5-6,8,14-16,18,23H,2-4,7,9-13H2,1H3,(H,26,28). The van der Waals surface area contributed by atoms with Gasteiger partial charge in [0.25, 0.3) is 0 Å². The number of nitrogens with one attached hydrogen (secondary N) is 1. The second-order valence-corrected chi connectivity index (χ2v) is 9.53. The van der Waals surface area contributed by atoms with Gasteiger partial charge >= 0.3 is 0 Å². The molecule has 4 aliphatic heterocycles. The Morgan fingerprint density at radius 3 is 2.91 bits per heavy atom. The maximum absolute atomic E-state index is 6.35. The summed E-state index contributed by atoms with van der Waals surface area (Å²) in [5.74, 6) is 2.62. The summed E-state index contributed by atoms with van der Waals surface area (Å²) < 4.78 is 7.58. The Labute approximate surface area is 209 Å². The number of piperidine rings is 1. The molecule has 3 unspecified atom stereocenters. The van der Waals surface area contributed by atoms with E-state index in [1.807, 2.05) is 10.6 Å². The number of aliphatic imine (C=N–C) groups is 3. The van der Waals surface area contributed by atoms with Crippen LogP contribution in [0.3, 0.4) is 0 Å². The SMILES string of the molecule is CCNc1cc(N2CCOCC2)n2nc(C3CCCCN3C3N=C(Cl)N=C4N=CC=CC43)cc2n1. The van der Waals surface area contributed by atoms with E-state index < -0.39 is 0 Å². The second-order valence-electron chi connectivity index (χ2n) is 9.19. The van der Waals surface area contributed by atoms with Crippen molar-refractivity contribution >= 4 is 46.2 Å². The van der Waals surface area contributed by atoms with Crippen LogP contribution in [-0.4, -0.2) is 82.4 Å². The van der Waals surface area contributed by atoms with Crippen LogP contribution in [0, 0.1) is 5.92 Å². The minimum absolute atomic E-state index is 0.0116. The van der Waals surface area contributed by atoms with Crippen molar-refractivity contribution in [2.75, 3.05) is 49.6 Å². The summed E-state index contributed by atoms with van der Waals surface area (Å²) >= 11 is 6.35. The van der Waals surface area contributed by atoms with Crippen LogP contribution in [0.25, 0.3) is 5.65 Å². The Morgan fingerprint density at radius 1 is 1.17 bits per heavy atom. The average Bonchev–Trinajstić information content (AvgIpc) is 3.32. The minimum Gasteiger partial charge on any atom is -0.378 e. The summed E-state index contributed by atoms with van der Waals surface area (Å²) in [6.45, 7) is 6.91. The first kappa shape index (κ1) is 22.6. The van der Waals surface area contributed by atoms with Crippen LogP contribution in [0.1, 0.15) is 37.9 Å². The van der Waals surface area contributed by atoms with E-state index >= 15 is 0 Å². The molecule has 35 heavy (non-hydrogen) atoms. The van der Waals surface area contributed by atoms with E-state index in [4.69, 9.17) is 31.4 Å². The Morgan fingerprint density at radius 2 is 2.06 bits per heavy atom. The molecule has 11 heteroatoms. The van der Waals surface area contributed by atoms with Gasteiger partial charge in [-0.3, -0.25) is 4.90 Å². The fourth-order valence-corrected chi connectivity index (χ4v) is 5.59. The average molecular weight is 496 g/mol. The number of dihydropyridines is 1. The summed E-state index contributed by atoms with van der Waals surface area (Å²) in [5.41, 5.74) is 1.86. The molecule has 0 amide bonds. The first-order valence-electron chi connectivity index (χ1n) is 12.5. The molecule has 6 rings (SSSR count). The molecule has 2 aromatic heterocycles. The second kappa shape index (κ2) is 9.67. The van der Waals surface area contributed by atoms with Gasteiger partial charge in [-0.1, -0.05) is 12.5 Å². The van der Waals surface area contributed by atoms with Crippen molar-refractivity contribution in [1.29, 1.82) is 0 Å². The minimum atomic E-state index is -0.150. The molecule has 6 heterocycles. The molecular weight excluding hydrogens is 466 g/mol. The lowest BCUT2D eigenvalue weighted by molar-refractivity contribution is 0.0848. The zero-order chi connectivity index (χ0) is 23.8. The lowest BCUT2D eigenvalue weighted by Gasteiger charge is -2.42. The Kier molecular flexibility index (Phi) is 6.26. The van der Waals surface area contributed by atoms with E-state index in [-0.39, 0.29) is 23.4 Å². The smallest absolute Gasteiger partial charge is 0.221 e. The third-order valence-corrected chi connectivity index (χ3v) is 7.20.